The Morgan fingerprint density at radius 1 is 1.36 bits per heavy atom. The van der Waals surface area contributed by atoms with Crippen molar-refractivity contribution in [1.82, 2.24) is 10.6 Å². The molecule has 5 N–H and O–H groups in total. The molecule has 0 spiro atoms. The van der Waals surface area contributed by atoms with E-state index >= 15 is 0 Å². The molecule has 10 heteroatoms. The Balaban J connectivity index is 3.04. The van der Waals surface area contributed by atoms with Crippen LogP contribution in [0.25, 0.3) is 0 Å². The van der Waals surface area contributed by atoms with Crippen LogP contribution in [0.5, 0.6) is 0 Å². The van der Waals surface area contributed by atoms with Crippen molar-refractivity contribution in [2.75, 3.05) is 5.75 Å². The van der Waals surface area contributed by atoms with E-state index < -0.39 is 58.5 Å². The van der Waals surface area contributed by atoms with Crippen molar-refractivity contribution >= 4 is 34.7 Å². The van der Waals surface area contributed by atoms with Gasteiger partial charge >= 0.3 is 5.97 Å². The molecule has 2 amide bonds. The van der Waals surface area contributed by atoms with Crippen LogP contribution >= 0.6 is 11.8 Å². The number of hydrogen-bond acceptors (Lipinski definition) is 7. The molecule has 0 aromatic rings. The molecule has 0 radical (unpaired) electrons. The molecule has 0 bridgehead atoms. The second-order valence-electron chi connectivity index (χ2n) is 6.47. The maximum atomic E-state index is 12.8. The summed E-state index contributed by atoms with van der Waals surface area (Å²) in [4.78, 5) is 46.9. The van der Waals surface area contributed by atoms with E-state index in [1.807, 2.05) is 0 Å². The molecular weight excluding hydrogens is 352 g/mol. The predicted molar refractivity (Wildman–Crippen MR) is 89.6 cm³/mol. The quantitative estimate of drug-likeness (QED) is 0.368. The van der Waals surface area contributed by atoms with Crippen LogP contribution in [0.4, 0.5) is 0 Å². The highest BCUT2D eigenvalue weighted by molar-refractivity contribution is 8.13. The van der Waals surface area contributed by atoms with Crippen molar-refractivity contribution in [2.45, 2.75) is 51.5 Å². The van der Waals surface area contributed by atoms with E-state index in [9.17, 15) is 29.4 Å². The molecule has 5 atom stereocenters. The lowest BCUT2D eigenvalue weighted by Gasteiger charge is -2.37. The van der Waals surface area contributed by atoms with Crippen LogP contribution in [0.1, 0.15) is 27.7 Å². The largest absolute Gasteiger partial charge is 0.480 e. The number of nitrogens with one attached hydrogen (secondary N) is 2. The van der Waals surface area contributed by atoms with Crippen molar-refractivity contribution in [3.8, 4) is 0 Å². The molecule has 1 saturated heterocycles. The third-order valence-electron chi connectivity index (χ3n) is 4.18. The number of amides is 2. The first-order valence-electron chi connectivity index (χ1n) is 7.80. The molecule has 142 valence electrons. The van der Waals surface area contributed by atoms with Gasteiger partial charge in [0.2, 0.25) is 16.9 Å². The fraction of sp³-hybridized carbons (Fsp3) is 0.733. The number of rotatable bonds is 7. The molecule has 1 fully saturated rings. The first-order valence-corrected chi connectivity index (χ1v) is 8.79. The zero-order chi connectivity index (χ0) is 19.5. The van der Waals surface area contributed by atoms with Gasteiger partial charge in [0.05, 0.1) is 18.1 Å². The molecule has 9 nitrogen and oxygen atoms in total. The van der Waals surface area contributed by atoms with E-state index in [-0.39, 0.29) is 5.75 Å². The smallest absolute Gasteiger partial charge is 0.327 e. The second kappa shape index (κ2) is 8.15. The Hall–Kier alpha value is -1.65. The van der Waals surface area contributed by atoms with Gasteiger partial charge in [0.1, 0.15) is 6.04 Å². The highest BCUT2D eigenvalue weighted by Crippen LogP contribution is 2.36. The predicted octanol–water partition coefficient (Wildman–Crippen LogP) is -1.28. The number of thioether (sulfide) groups is 1. The van der Waals surface area contributed by atoms with E-state index in [2.05, 4.69) is 10.6 Å². The Kier molecular flexibility index (Phi) is 6.98. The summed E-state index contributed by atoms with van der Waals surface area (Å²) in [6.45, 7) is 5.84. The zero-order valence-electron chi connectivity index (χ0n) is 14.5. The van der Waals surface area contributed by atoms with Crippen molar-refractivity contribution < 1.29 is 34.5 Å². The standard InChI is InChI=1S/C15H24N2O7S/c1-6(2)10(19)15(11(20)7(3)12(21)17-15)14(24)25-5-9(13(22)23)16-8(4)18/h6-7,9-11,19-20H,5H2,1-4H3,(H,16,18)(H,17,21)(H,22,23)/t7?,9?,10-,11?,15?/m0/s1. The molecule has 4 unspecified atom stereocenters. The van der Waals surface area contributed by atoms with E-state index in [4.69, 9.17) is 5.11 Å². The summed E-state index contributed by atoms with van der Waals surface area (Å²) < 4.78 is 0. The number of carbonyl (C=O) groups excluding carboxylic acids is 3. The van der Waals surface area contributed by atoms with Crippen molar-refractivity contribution in [3.63, 3.8) is 0 Å². The molecule has 1 aliphatic heterocycles. The number of carboxylic acid groups (broad SMARTS) is 1. The van der Waals surface area contributed by atoms with E-state index in [0.717, 1.165) is 6.92 Å². The number of aliphatic carboxylic acids is 1. The molecular formula is C15H24N2O7S. The van der Waals surface area contributed by atoms with Crippen molar-refractivity contribution in [2.24, 2.45) is 11.8 Å². The van der Waals surface area contributed by atoms with Gasteiger partial charge < -0.3 is 26.0 Å². The number of carbonyl (C=O) groups is 4. The molecule has 0 aromatic heterocycles. The van der Waals surface area contributed by atoms with Crippen molar-refractivity contribution in [1.29, 1.82) is 0 Å². The van der Waals surface area contributed by atoms with E-state index in [0.29, 0.717) is 11.8 Å². The lowest BCUT2D eigenvalue weighted by molar-refractivity contribution is -0.140. The maximum Gasteiger partial charge on any atom is 0.327 e. The van der Waals surface area contributed by atoms with E-state index in [1.54, 1.807) is 13.8 Å². The van der Waals surface area contributed by atoms with Crippen LogP contribution in [0.2, 0.25) is 0 Å². The maximum absolute atomic E-state index is 12.8. The Morgan fingerprint density at radius 2 is 1.92 bits per heavy atom. The minimum Gasteiger partial charge on any atom is -0.480 e. The third-order valence-corrected chi connectivity index (χ3v) is 5.28. The number of hydrogen-bond donors (Lipinski definition) is 5. The summed E-state index contributed by atoms with van der Waals surface area (Å²) in [6, 6.07) is -1.31. The molecule has 0 aromatic carbocycles. The van der Waals surface area contributed by atoms with Crippen LogP contribution in [-0.2, 0) is 19.2 Å². The van der Waals surface area contributed by atoms with Gasteiger partial charge in [0.15, 0.2) is 5.54 Å². The van der Waals surface area contributed by atoms with Gasteiger partial charge in [-0.3, -0.25) is 14.4 Å². The highest BCUT2D eigenvalue weighted by Gasteiger charge is 2.60. The third kappa shape index (κ3) is 4.31. The molecule has 1 rings (SSSR count). The first kappa shape index (κ1) is 21.4. The number of carboxylic acids is 1. The number of aliphatic hydroxyl groups excluding tert-OH is 2. The van der Waals surface area contributed by atoms with Gasteiger partial charge in [-0.25, -0.2) is 4.79 Å². The molecule has 1 aliphatic rings. The fourth-order valence-electron chi connectivity index (χ4n) is 2.70. The number of aliphatic hydroxyl groups is 2. The van der Waals surface area contributed by atoms with Gasteiger partial charge in [0, 0.05) is 12.7 Å². The van der Waals surface area contributed by atoms with Crippen molar-refractivity contribution in [3.05, 3.63) is 0 Å². The van der Waals surface area contributed by atoms with Gasteiger partial charge in [-0.15, -0.1) is 0 Å². The summed E-state index contributed by atoms with van der Waals surface area (Å²) in [5.41, 5.74) is -1.92. The van der Waals surface area contributed by atoms with Gasteiger partial charge in [-0.05, 0) is 5.92 Å². The van der Waals surface area contributed by atoms with Crippen LogP contribution < -0.4 is 10.6 Å². The topological polar surface area (TPSA) is 153 Å². The molecule has 0 saturated carbocycles. The van der Waals surface area contributed by atoms with Crippen LogP contribution in [-0.4, -0.2) is 67.8 Å². The summed E-state index contributed by atoms with van der Waals surface area (Å²) in [5, 5.41) is 33.8. The minimum absolute atomic E-state index is 0.308. The minimum atomic E-state index is -1.92. The average molecular weight is 376 g/mol. The molecule has 0 aliphatic carbocycles. The Labute approximate surface area is 149 Å². The Bertz CT molecular complexity index is 568. The second-order valence-corrected chi connectivity index (χ2v) is 7.46. The van der Waals surface area contributed by atoms with E-state index in [1.165, 1.54) is 6.92 Å². The monoisotopic (exact) mass is 376 g/mol. The van der Waals surface area contributed by atoms with Crippen LogP contribution in [0.15, 0.2) is 0 Å². The molecule has 25 heavy (non-hydrogen) atoms. The van der Waals surface area contributed by atoms with Gasteiger partial charge in [-0.1, -0.05) is 32.5 Å². The Morgan fingerprint density at radius 3 is 2.28 bits per heavy atom. The normalized spacial score (nSPS) is 28.4. The summed E-state index contributed by atoms with van der Waals surface area (Å²) in [6.07, 6.45) is -2.82. The van der Waals surface area contributed by atoms with Crippen LogP contribution in [0.3, 0.4) is 0 Å². The average Bonchev–Trinajstić information content (AvgIpc) is 2.74. The SMILES string of the molecule is CC(=O)NC(CSC(=O)C1([C@@H](O)C(C)C)NC(=O)C(C)C1O)C(=O)O. The summed E-state index contributed by atoms with van der Waals surface area (Å²) in [5.74, 6) is -4.12. The summed E-state index contributed by atoms with van der Waals surface area (Å²) >= 11 is 0.535. The lowest BCUT2D eigenvalue weighted by atomic mass is 9.81. The van der Waals surface area contributed by atoms with Crippen LogP contribution in [0, 0.1) is 11.8 Å². The summed E-state index contributed by atoms with van der Waals surface area (Å²) in [7, 11) is 0. The first-order chi connectivity index (χ1) is 11.4. The van der Waals surface area contributed by atoms with Gasteiger partial charge in [-0.2, -0.15) is 0 Å². The zero-order valence-corrected chi connectivity index (χ0v) is 15.3. The highest BCUT2D eigenvalue weighted by atomic mass is 32.2. The molecule has 1 heterocycles. The van der Waals surface area contributed by atoms with Gasteiger partial charge in [0.25, 0.3) is 0 Å². The fourth-order valence-corrected chi connectivity index (χ4v) is 3.77. The lowest BCUT2D eigenvalue weighted by Crippen LogP contribution is -2.64.